The van der Waals surface area contributed by atoms with Gasteiger partial charge >= 0.3 is 117 Å². The molecule has 17 heavy (non-hydrogen) atoms. The van der Waals surface area contributed by atoms with E-state index in [9.17, 15) is 0 Å². The average molecular weight is 261 g/mol. The Labute approximate surface area is 117 Å². The van der Waals surface area contributed by atoms with Crippen molar-refractivity contribution in [2.45, 2.75) is 52.2 Å². The third-order valence-corrected chi connectivity index (χ3v) is 5.85. The minimum atomic E-state index is 0.201. The van der Waals surface area contributed by atoms with Crippen LogP contribution in [-0.2, 0) is 24.2 Å². The van der Waals surface area contributed by atoms with Gasteiger partial charge in [0, 0.05) is 0 Å². The van der Waals surface area contributed by atoms with Gasteiger partial charge in [0.1, 0.15) is 0 Å². The van der Waals surface area contributed by atoms with E-state index in [4.69, 9.17) is 0 Å². The molecule has 2 rings (SSSR count). The fourth-order valence-corrected chi connectivity index (χ4v) is 3.94. The zero-order valence-corrected chi connectivity index (χ0v) is 13.6. The van der Waals surface area contributed by atoms with Gasteiger partial charge < -0.3 is 0 Å². The molecule has 0 N–H and O–H groups in total. The van der Waals surface area contributed by atoms with Gasteiger partial charge in [-0.2, -0.15) is 0 Å². The zero-order chi connectivity index (χ0) is 13.1. The van der Waals surface area contributed by atoms with Gasteiger partial charge in [0.15, 0.2) is 0 Å². The van der Waals surface area contributed by atoms with Gasteiger partial charge in [0.2, 0.25) is 0 Å². The van der Waals surface area contributed by atoms with Crippen molar-refractivity contribution in [2.24, 2.45) is 0 Å². The topological polar surface area (TPSA) is 0 Å². The molecule has 1 aromatic rings. The second-order valence-electron chi connectivity index (χ2n) is 5.62. The second kappa shape index (κ2) is 3.83. The van der Waals surface area contributed by atoms with Gasteiger partial charge in [-0.15, -0.1) is 0 Å². The molecule has 0 saturated heterocycles. The Kier molecular flexibility index (Phi) is 2.96. The van der Waals surface area contributed by atoms with Crippen LogP contribution in [0.25, 0.3) is 5.57 Å². The van der Waals surface area contributed by atoms with E-state index in [1.165, 1.54) is 39.0 Å². The van der Waals surface area contributed by atoms with E-state index < -0.39 is 0 Å². The summed E-state index contributed by atoms with van der Waals surface area (Å²) in [7, 11) is 0. The van der Waals surface area contributed by atoms with Gasteiger partial charge in [-0.25, -0.2) is 0 Å². The van der Waals surface area contributed by atoms with Crippen molar-refractivity contribution in [3.8, 4) is 0 Å². The van der Waals surface area contributed by atoms with Crippen molar-refractivity contribution in [1.82, 2.24) is 0 Å². The van der Waals surface area contributed by atoms with E-state index in [0.29, 0.717) is 0 Å². The Bertz CT molecular complexity index is 545. The minimum absolute atomic E-state index is 0.201. The molecule has 1 aliphatic carbocycles. The third kappa shape index (κ3) is 1.54. The van der Waals surface area contributed by atoms with Crippen molar-refractivity contribution in [3.05, 3.63) is 39.0 Å². The van der Waals surface area contributed by atoms with Crippen LogP contribution in [0.2, 0.25) is 0 Å². The van der Waals surface area contributed by atoms with Crippen molar-refractivity contribution in [3.63, 3.8) is 0 Å². The molecule has 0 spiro atoms. The Balaban J connectivity index is 2.96. The molecule has 0 amide bonds. The Morgan fingerprint density at radius 3 is 1.76 bits per heavy atom. The van der Waals surface area contributed by atoms with Crippen LogP contribution in [0, 0.1) is 27.7 Å². The van der Waals surface area contributed by atoms with Gasteiger partial charge in [-0.3, -0.25) is 0 Å². The van der Waals surface area contributed by atoms with Crippen LogP contribution < -0.4 is 0 Å². The first-order chi connectivity index (χ1) is 7.71. The SMILES string of the molecule is CC1=C(C)[C](C)([Ti])c2c(C)c(C)c(C)c(C)c21. The van der Waals surface area contributed by atoms with Crippen LogP contribution in [0.1, 0.15) is 54.2 Å². The summed E-state index contributed by atoms with van der Waals surface area (Å²) in [5.41, 5.74) is 12.0. The van der Waals surface area contributed by atoms with Crippen LogP contribution >= 0.6 is 0 Å². The second-order valence-corrected chi connectivity index (χ2v) is 7.19. The molecule has 1 heteroatoms. The standard InChI is InChI=1S/C16H21.Ti/c1-8-9(2)12(5)16-14(7)10(3)13(6)15(16)11(8)4;/h1-7H3;. The van der Waals surface area contributed by atoms with Crippen molar-refractivity contribution in [2.75, 3.05) is 0 Å². The van der Waals surface area contributed by atoms with Gasteiger partial charge in [0.25, 0.3) is 0 Å². The van der Waals surface area contributed by atoms with E-state index in [1.807, 2.05) is 0 Å². The van der Waals surface area contributed by atoms with E-state index >= 15 is 0 Å². The summed E-state index contributed by atoms with van der Waals surface area (Å²) in [5, 5.41) is 0. The maximum atomic E-state index is 2.36. The molecule has 0 nitrogen and oxygen atoms in total. The normalized spacial score (nSPS) is 23.2. The van der Waals surface area contributed by atoms with Gasteiger partial charge in [-0.05, 0) is 0 Å². The molecule has 0 saturated carbocycles. The summed E-state index contributed by atoms with van der Waals surface area (Å²) in [5.74, 6) is 0. The van der Waals surface area contributed by atoms with Crippen molar-refractivity contribution >= 4 is 5.57 Å². The van der Waals surface area contributed by atoms with Crippen molar-refractivity contribution < 1.29 is 20.4 Å². The van der Waals surface area contributed by atoms with Gasteiger partial charge in [0.05, 0.1) is 0 Å². The summed E-state index contributed by atoms with van der Waals surface area (Å²) < 4.78 is 0.201. The number of benzene rings is 1. The van der Waals surface area contributed by atoms with E-state index in [-0.39, 0.29) is 3.72 Å². The molecule has 0 heterocycles. The number of rotatable bonds is 0. The average Bonchev–Trinajstić information content (AvgIpc) is 2.44. The fraction of sp³-hybridized carbons (Fsp3) is 0.500. The molecular formula is C16H21Ti. The van der Waals surface area contributed by atoms with E-state index in [0.717, 1.165) is 0 Å². The molecule has 89 valence electrons. The number of allylic oxidation sites excluding steroid dienone is 2. The summed E-state index contributed by atoms with van der Waals surface area (Å²) >= 11 is 2.36. The van der Waals surface area contributed by atoms with Crippen LogP contribution in [-0.4, -0.2) is 0 Å². The molecule has 1 atom stereocenters. The Hall–Kier alpha value is -0.326. The van der Waals surface area contributed by atoms with Crippen LogP contribution in [0.5, 0.6) is 0 Å². The quantitative estimate of drug-likeness (QED) is 0.603. The molecule has 0 bridgehead atoms. The monoisotopic (exact) mass is 261 g/mol. The van der Waals surface area contributed by atoms with Crippen LogP contribution in [0.4, 0.5) is 0 Å². The number of fused-ring (bicyclic) bond motifs is 1. The summed E-state index contributed by atoms with van der Waals surface area (Å²) in [6, 6.07) is 0. The molecule has 1 unspecified atom stereocenters. The molecule has 0 radical (unpaired) electrons. The predicted octanol–water partition coefficient (Wildman–Crippen LogP) is 4.49. The number of hydrogen-bond acceptors (Lipinski definition) is 0. The molecule has 0 fully saturated rings. The molecular weight excluding hydrogens is 240 g/mol. The van der Waals surface area contributed by atoms with Crippen LogP contribution in [0.15, 0.2) is 5.57 Å². The summed E-state index contributed by atoms with van der Waals surface area (Å²) in [6.07, 6.45) is 0. The fourth-order valence-electron chi connectivity index (χ4n) is 3.16. The Morgan fingerprint density at radius 1 is 0.765 bits per heavy atom. The molecule has 0 aromatic heterocycles. The molecule has 0 aliphatic heterocycles. The Morgan fingerprint density at radius 2 is 1.24 bits per heavy atom. The molecule has 1 aromatic carbocycles. The van der Waals surface area contributed by atoms with E-state index in [1.54, 1.807) is 5.56 Å². The van der Waals surface area contributed by atoms with Gasteiger partial charge in [-0.1, -0.05) is 0 Å². The predicted molar refractivity (Wildman–Crippen MR) is 71.0 cm³/mol. The first-order valence-electron chi connectivity index (χ1n) is 6.25. The zero-order valence-electron chi connectivity index (χ0n) is 12.0. The first-order valence-corrected chi connectivity index (χ1v) is 7.03. The van der Waals surface area contributed by atoms with Crippen molar-refractivity contribution in [1.29, 1.82) is 0 Å². The van der Waals surface area contributed by atoms with Crippen LogP contribution in [0.3, 0.4) is 0 Å². The molecule has 1 aliphatic rings. The summed E-state index contributed by atoms with van der Waals surface area (Å²) in [6.45, 7) is 16.0. The summed E-state index contributed by atoms with van der Waals surface area (Å²) in [4.78, 5) is 0. The third-order valence-electron chi connectivity index (χ3n) is 4.88. The number of hydrogen-bond donors (Lipinski definition) is 0. The first kappa shape index (κ1) is 13.1. The maximum absolute atomic E-state index is 2.36. The van der Waals surface area contributed by atoms with E-state index in [2.05, 4.69) is 68.9 Å².